The molecule has 0 aromatic heterocycles. The third-order valence-corrected chi connectivity index (χ3v) is 3.33. The quantitative estimate of drug-likeness (QED) is 0.770. The molecule has 2 rings (SSSR count). The molecule has 1 amide bonds. The van der Waals surface area contributed by atoms with Crippen molar-refractivity contribution < 1.29 is 9.53 Å². The van der Waals surface area contributed by atoms with Crippen LogP contribution in [0.5, 0.6) is 5.75 Å². The average molecular weight is 323 g/mol. The van der Waals surface area contributed by atoms with Crippen molar-refractivity contribution in [3.63, 3.8) is 0 Å². The number of nitrogens with two attached hydrogens (primary N) is 1. The Kier molecular flexibility index (Phi) is 7.71. The zero-order valence-corrected chi connectivity index (χ0v) is 13.6. The van der Waals surface area contributed by atoms with Gasteiger partial charge in [-0.25, -0.2) is 0 Å². The fourth-order valence-corrected chi connectivity index (χ4v) is 2.17. The van der Waals surface area contributed by atoms with Crippen molar-refractivity contribution in [3.8, 4) is 5.75 Å². The molecule has 5 heteroatoms. The lowest BCUT2D eigenvalue weighted by Gasteiger charge is -2.12. The Morgan fingerprint density at radius 2 is 1.95 bits per heavy atom. The molecule has 0 aliphatic heterocycles. The second-order valence-corrected chi connectivity index (χ2v) is 5.04. The first-order valence-corrected chi connectivity index (χ1v) is 7.35. The standard InChI is InChI=1S/C17H22N2O2.ClH/c1-2-5-16(18)17(20)19-10-11-21-15-9-8-13-6-3-4-7-14(13)12-15;/h3-4,6-9,12,16H,2,5,10-11,18H2,1H3,(H,19,20);1H. The van der Waals surface area contributed by atoms with Crippen LogP contribution in [0.15, 0.2) is 42.5 Å². The first-order valence-electron chi connectivity index (χ1n) is 7.35. The molecule has 0 saturated heterocycles. The fraction of sp³-hybridized carbons (Fsp3) is 0.353. The van der Waals surface area contributed by atoms with Crippen LogP contribution in [0.2, 0.25) is 0 Å². The summed E-state index contributed by atoms with van der Waals surface area (Å²) in [6.45, 7) is 2.90. The Labute approximate surface area is 137 Å². The van der Waals surface area contributed by atoms with Gasteiger partial charge >= 0.3 is 0 Å². The summed E-state index contributed by atoms with van der Waals surface area (Å²) >= 11 is 0. The highest BCUT2D eigenvalue weighted by atomic mass is 35.5. The second-order valence-electron chi connectivity index (χ2n) is 5.04. The topological polar surface area (TPSA) is 64.4 Å². The summed E-state index contributed by atoms with van der Waals surface area (Å²) in [5.41, 5.74) is 5.73. The maximum Gasteiger partial charge on any atom is 0.237 e. The largest absolute Gasteiger partial charge is 0.492 e. The van der Waals surface area contributed by atoms with E-state index >= 15 is 0 Å². The third kappa shape index (κ3) is 5.20. The monoisotopic (exact) mass is 322 g/mol. The van der Waals surface area contributed by atoms with Crippen molar-refractivity contribution in [1.82, 2.24) is 5.32 Å². The fourth-order valence-electron chi connectivity index (χ4n) is 2.17. The number of hydrogen-bond acceptors (Lipinski definition) is 3. The minimum Gasteiger partial charge on any atom is -0.492 e. The van der Waals surface area contributed by atoms with Crippen molar-refractivity contribution in [3.05, 3.63) is 42.5 Å². The van der Waals surface area contributed by atoms with Gasteiger partial charge in [0, 0.05) is 0 Å². The van der Waals surface area contributed by atoms with Gasteiger partial charge in [-0.15, -0.1) is 12.4 Å². The number of ether oxygens (including phenoxy) is 1. The predicted octanol–water partition coefficient (Wildman–Crippen LogP) is 2.88. The highest BCUT2D eigenvalue weighted by molar-refractivity contribution is 5.85. The van der Waals surface area contributed by atoms with Crippen LogP contribution in [0.3, 0.4) is 0 Å². The molecule has 4 nitrogen and oxygen atoms in total. The van der Waals surface area contributed by atoms with E-state index in [0.29, 0.717) is 19.6 Å². The molecule has 120 valence electrons. The Morgan fingerprint density at radius 1 is 1.23 bits per heavy atom. The van der Waals surface area contributed by atoms with E-state index in [4.69, 9.17) is 10.5 Å². The molecular weight excluding hydrogens is 300 g/mol. The molecule has 0 fully saturated rings. The molecule has 0 spiro atoms. The summed E-state index contributed by atoms with van der Waals surface area (Å²) in [5.74, 6) is 0.694. The van der Waals surface area contributed by atoms with Crippen molar-refractivity contribution in [2.45, 2.75) is 25.8 Å². The zero-order chi connectivity index (χ0) is 15.1. The lowest BCUT2D eigenvalue weighted by atomic mass is 10.1. The van der Waals surface area contributed by atoms with Gasteiger partial charge in [-0.2, -0.15) is 0 Å². The Morgan fingerprint density at radius 3 is 2.68 bits per heavy atom. The summed E-state index contributed by atoms with van der Waals surface area (Å²) < 4.78 is 5.65. The number of fused-ring (bicyclic) bond motifs is 1. The number of rotatable bonds is 7. The number of nitrogens with one attached hydrogen (secondary N) is 1. The van der Waals surface area contributed by atoms with Gasteiger partial charge in [-0.1, -0.05) is 43.7 Å². The summed E-state index contributed by atoms with van der Waals surface area (Å²) in [4.78, 5) is 11.6. The smallest absolute Gasteiger partial charge is 0.237 e. The molecule has 1 unspecified atom stereocenters. The Bertz CT molecular complexity index is 604. The lowest BCUT2D eigenvalue weighted by molar-refractivity contribution is -0.122. The summed E-state index contributed by atoms with van der Waals surface area (Å²) in [7, 11) is 0. The van der Waals surface area contributed by atoms with Crippen LogP contribution in [0, 0.1) is 0 Å². The molecule has 22 heavy (non-hydrogen) atoms. The van der Waals surface area contributed by atoms with Gasteiger partial charge in [0.15, 0.2) is 0 Å². The van der Waals surface area contributed by atoms with Gasteiger partial charge in [0.25, 0.3) is 0 Å². The summed E-state index contributed by atoms with van der Waals surface area (Å²) in [6, 6.07) is 13.7. The van der Waals surface area contributed by atoms with Crippen LogP contribution in [0.1, 0.15) is 19.8 Å². The van der Waals surface area contributed by atoms with Gasteiger partial charge in [0.1, 0.15) is 12.4 Å². The van der Waals surface area contributed by atoms with E-state index in [2.05, 4.69) is 11.4 Å². The Balaban J connectivity index is 0.00000242. The van der Waals surface area contributed by atoms with Gasteiger partial charge in [-0.05, 0) is 29.3 Å². The maximum absolute atomic E-state index is 11.6. The van der Waals surface area contributed by atoms with Gasteiger partial charge in [0.05, 0.1) is 12.6 Å². The Hall–Kier alpha value is -1.78. The van der Waals surface area contributed by atoms with E-state index in [0.717, 1.165) is 17.6 Å². The average Bonchev–Trinajstić information content (AvgIpc) is 2.51. The number of amides is 1. The van der Waals surface area contributed by atoms with Gasteiger partial charge < -0.3 is 15.8 Å². The van der Waals surface area contributed by atoms with Crippen molar-refractivity contribution in [2.24, 2.45) is 5.73 Å². The SMILES string of the molecule is CCCC(N)C(=O)NCCOc1ccc2ccccc2c1.Cl. The maximum atomic E-state index is 11.6. The molecular formula is C17H23ClN2O2. The highest BCUT2D eigenvalue weighted by Gasteiger charge is 2.10. The molecule has 0 aliphatic rings. The van der Waals surface area contributed by atoms with E-state index in [-0.39, 0.29) is 18.3 Å². The number of halogens is 1. The van der Waals surface area contributed by atoms with Crippen LogP contribution in [-0.4, -0.2) is 25.1 Å². The molecule has 2 aromatic carbocycles. The normalized spacial score (nSPS) is 11.5. The molecule has 3 N–H and O–H groups in total. The van der Waals surface area contributed by atoms with Crippen LogP contribution in [0.25, 0.3) is 10.8 Å². The van der Waals surface area contributed by atoms with Crippen LogP contribution >= 0.6 is 12.4 Å². The molecule has 0 saturated carbocycles. The number of carbonyl (C=O) groups excluding carboxylic acids is 1. The zero-order valence-electron chi connectivity index (χ0n) is 12.7. The molecule has 1 atom stereocenters. The van der Waals surface area contributed by atoms with E-state index in [1.54, 1.807) is 0 Å². The third-order valence-electron chi connectivity index (χ3n) is 3.33. The van der Waals surface area contributed by atoms with Crippen LogP contribution < -0.4 is 15.8 Å². The van der Waals surface area contributed by atoms with E-state index in [1.807, 2.05) is 43.3 Å². The number of carbonyl (C=O) groups is 1. The number of hydrogen-bond donors (Lipinski definition) is 2. The highest BCUT2D eigenvalue weighted by Crippen LogP contribution is 2.20. The second kappa shape index (κ2) is 9.28. The molecule has 0 heterocycles. The molecule has 0 radical (unpaired) electrons. The summed E-state index contributed by atoms with van der Waals surface area (Å²) in [5, 5.41) is 5.11. The summed E-state index contributed by atoms with van der Waals surface area (Å²) in [6.07, 6.45) is 1.61. The van der Waals surface area contributed by atoms with Crippen LogP contribution in [-0.2, 0) is 4.79 Å². The molecule has 0 bridgehead atoms. The predicted molar refractivity (Wildman–Crippen MR) is 92.6 cm³/mol. The molecule has 2 aromatic rings. The van der Waals surface area contributed by atoms with Crippen molar-refractivity contribution in [1.29, 1.82) is 0 Å². The first kappa shape index (κ1) is 18.3. The van der Waals surface area contributed by atoms with Gasteiger partial charge in [-0.3, -0.25) is 4.79 Å². The van der Waals surface area contributed by atoms with E-state index < -0.39 is 6.04 Å². The van der Waals surface area contributed by atoms with Gasteiger partial charge in [0.2, 0.25) is 5.91 Å². The molecule has 0 aliphatic carbocycles. The lowest BCUT2D eigenvalue weighted by Crippen LogP contribution is -2.41. The van der Waals surface area contributed by atoms with Crippen LogP contribution in [0.4, 0.5) is 0 Å². The van der Waals surface area contributed by atoms with E-state index in [1.165, 1.54) is 5.39 Å². The van der Waals surface area contributed by atoms with E-state index in [9.17, 15) is 4.79 Å². The number of benzene rings is 2. The first-order chi connectivity index (χ1) is 10.2. The van der Waals surface area contributed by atoms with Crippen molar-refractivity contribution in [2.75, 3.05) is 13.2 Å². The minimum atomic E-state index is -0.421. The minimum absolute atomic E-state index is 0. The van der Waals surface area contributed by atoms with Crippen molar-refractivity contribution >= 4 is 29.1 Å².